The number of allylic oxidation sites excluding steroid dienone is 1. The van der Waals surface area contributed by atoms with E-state index in [4.69, 9.17) is 9.47 Å². The third kappa shape index (κ3) is 5.06. The first-order valence-corrected chi connectivity index (χ1v) is 6.94. The highest BCUT2D eigenvalue weighted by Gasteiger charge is 2.16. The molecular weight excluding hydrogens is 268 g/mol. The summed E-state index contributed by atoms with van der Waals surface area (Å²) in [4.78, 5) is 22.8. The van der Waals surface area contributed by atoms with Crippen LogP contribution >= 0.6 is 0 Å². The van der Waals surface area contributed by atoms with Gasteiger partial charge in [-0.2, -0.15) is 0 Å². The largest absolute Gasteiger partial charge is 0.465 e. The minimum Gasteiger partial charge on any atom is -0.465 e. The number of hydrogen-bond donors (Lipinski definition) is 0. The topological polar surface area (TPSA) is 52.6 Å². The number of rotatable bonds is 5. The Morgan fingerprint density at radius 1 is 1.29 bits per heavy atom. The highest BCUT2D eigenvalue weighted by molar-refractivity contribution is 5.89. The fourth-order valence-electron chi connectivity index (χ4n) is 1.77. The molecule has 0 unspecified atom stereocenters. The molecule has 4 heteroatoms. The molecule has 0 aromatic heterocycles. The number of esters is 2. The van der Waals surface area contributed by atoms with Crippen molar-refractivity contribution in [3.8, 4) is 5.75 Å². The molecule has 0 saturated heterocycles. The van der Waals surface area contributed by atoms with E-state index in [9.17, 15) is 9.59 Å². The molecule has 0 fully saturated rings. The minimum atomic E-state index is -0.371. The molecule has 114 valence electrons. The Hall–Kier alpha value is -2.10. The van der Waals surface area contributed by atoms with E-state index < -0.39 is 0 Å². The summed E-state index contributed by atoms with van der Waals surface area (Å²) in [6, 6.07) is 5.66. The molecule has 4 nitrogen and oxygen atoms in total. The lowest BCUT2D eigenvalue weighted by molar-refractivity contribution is -0.141. The van der Waals surface area contributed by atoms with Crippen molar-refractivity contribution in [2.75, 3.05) is 6.61 Å². The van der Waals surface area contributed by atoms with Gasteiger partial charge in [0.15, 0.2) is 0 Å². The van der Waals surface area contributed by atoms with E-state index in [0.717, 1.165) is 11.1 Å². The van der Waals surface area contributed by atoms with E-state index in [-0.39, 0.29) is 24.5 Å². The predicted octanol–water partition coefficient (Wildman–Crippen LogP) is 3.53. The van der Waals surface area contributed by atoms with Crippen molar-refractivity contribution in [3.63, 3.8) is 0 Å². The molecule has 0 spiro atoms. The van der Waals surface area contributed by atoms with Crippen LogP contribution < -0.4 is 4.74 Å². The van der Waals surface area contributed by atoms with Crippen LogP contribution in [0.2, 0.25) is 0 Å². The fourth-order valence-corrected chi connectivity index (χ4v) is 1.77. The van der Waals surface area contributed by atoms with E-state index in [1.54, 1.807) is 19.9 Å². The first-order valence-electron chi connectivity index (χ1n) is 6.94. The molecule has 21 heavy (non-hydrogen) atoms. The zero-order chi connectivity index (χ0) is 16.0. The first-order chi connectivity index (χ1) is 9.85. The molecule has 1 aromatic rings. The van der Waals surface area contributed by atoms with Gasteiger partial charge in [0, 0.05) is 24.0 Å². The van der Waals surface area contributed by atoms with Crippen LogP contribution in [0.5, 0.6) is 5.75 Å². The summed E-state index contributed by atoms with van der Waals surface area (Å²) in [7, 11) is 0. The van der Waals surface area contributed by atoms with Gasteiger partial charge in [-0.1, -0.05) is 25.1 Å². The lowest BCUT2D eigenvalue weighted by Crippen LogP contribution is -2.13. The summed E-state index contributed by atoms with van der Waals surface area (Å²) < 4.78 is 10.5. The molecule has 1 atom stereocenters. The van der Waals surface area contributed by atoms with Crippen molar-refractivity contribution in [1.82, 2.24) is 0 Å². The number of carbonyl (C=O) groups excluding carboxylic acids is 2. The molecule has 1 rings (SSSR count). The quantitative estimate of drug-likeness (QED) is 0.473. The molecule has 0 aliphatic carbocycles. The van der Waals surface area contributed by atoms with Gasteiger partial charge in [0.05, 0.1) is 6.61 Å². The zero-order valence-corrected chi connectivity index (χ0v) is 13.2. The Labute approximate surface area is 125 Å². The van der Waals surface area contributed by atoms with Gasteiger partial charge in [-0.15, -0.1) is 0 Å². The second-order valence-corrected chi connectivity index (χ2v) is 5.11. The van der Waals surface area contributed by atoms with Crippen molar-refractivity contribution in [1.29, 1.82) is 0 Å². The Bertz CT molecular complexity index is 558. The van der Waals surface area contributed by atoms with E-state index >= 15 is 0 Å². The average Bonchev–Trinajstić information content (AvgIpc) is 2.43. The molecule has 0 aliphatic heterocycles. The standard InChI is InChI=1S/C17H22O4/c1-6-12(3)17(19)21-16-9-11(2)7-8-15(16)13(4)10-20-14(5)18/h6-9,13H,10H2,1-5H3/b12-6+/t13-/m1/s1. The third-order valence-corrected chi connectivity index (χ3v) is 3.19. The average molecular weight is 290 g/mol. The van der Waals surface area contributed by atoms with Crippen molar-refractivity contribution >= 4 is 11.9 Å². The van der Waals surface area contributed by atoms with Gasteiger partial charge >= 0.3 is 11.9 Å². The summed E-state index contributed by atoms with van der Waals surface area (Å²) in [6.07, 6.45) is 1.71. The maximum Gasteiger partial charge on any atom is 0.338 e. The molecule has 0 bridgehead atoms. The second kappa shape index (κ2) is 7.62. The maximum atomic E-state index is 11.9. The molecular formula is C17H22O4. The van der Waals surface area contributed by atoms with E-state index in [2.05, 4.69) is 0 Å². The smallest absolute Gasteiger partial charge is 0.338 e. The van der Waals surface area contributed by atoms with Crippen LogP contribution in [-0.4, -0.2) is 18.5 Å². The van der Waals surface area contributed by atoms with Gasteiger partial charge in [0.25, 0.3) is 0 Å². The van der Waals surface area contributed by atoms with Gasteiger partial charge in [0.2, 0.25) is 0 Å². The van der Waals surface area contributed by atoms with Crippen LogP contribution in [0.25, 0.3) is 0 Å². The normalized spacial score (nSPS) is 12.7. The van der Waals surface area contributed by atoms with Crippen LogP contribution in [0.15, 0.2) is 29.8 Å². The van der Waals surface area contributed by atoms with Gasteiger partial charge in [-0.25, -0.2) is 4.79 Å². The summed E-state index contributed by atoms with van der Waals surface area (Å²) in [6.45, 7) is 8.98. The number of ether oxygens (including phenoxy) is 2. The predicted molar refractivity (Wildman–Crippen MR) is 81.3 cm³/mol. The third-order valence-electron chi connectivity index (χ3n) is 3.19. The minimum absolute atomic E-state index is 0.0526. The monoisotopic (exact) mass is 290 g/mol. The van der Waals surface area contributed by atoms with Crippen molar-refractivity contribution in [2.45, 2.75) is 40.5 Å². The Morgan fingerprint density at radius 2 is 1.95 bits per heavy atom. The SMILES string of the molecule is C/C=C(\C)C(=O)Oc1cc(C)ccc1[C@H](C)COC(C)=O. The van der Waals surface area contributed by atoms with Crippen molar-refractivity contribution < 1.29 is 19.1 Å². The number of benzene rings is 1. The van der Waals surface area contributed by atoms with Crippen molar-refractivity contribution in [2.24, 2.45) is 0 Å². The summed E-state index contributed by atoms with van der Waals surface area (Å²) >= 11 is 0. The molecule has 0 radical (unpaired) electrons. The van der Waals surface area contributed by atoms with Crippen molar-refractivity contribution in [3.05, 3.63) is 41.0 Å². The molecule has 0 amide bonds. The number of carbonyl (C=O) groups is 2. The lowest BCUT2D eigenvalue weighted by atomic mass is 9.99. The van der Waals surface area contributed by atoms with Gasteiger partial charge in [-0.05, 0) is 32.4 Å². The highest BCUT2D eigenvalue weighted by atomic mass is 16.5. The highest BCUT2D eigenvalue weighted by Crippen LogP contribution is 2.28. The molecule has 0 aliphatic rings. The number of hydrogen-bond acceptors (Lipinski definition) is 4. The van der Waals surface area contributed by atoms with E-state index in [1.165, 1.54) is 6.92 Å². The summed E-state index contributed by atoms with van der Waals surface area (Å²) in [5, 5.41) is 0. The van der Waals surface area contributed by atoms with Crippen LogP contribution in [0.1, 0.15) is 44.7 Å². The van der Waals surface area contributed by atoms with Crippen LogP contribution in [0.3, 0.4) is 0 Å². The Balaban J connectivity index is 2.99. The van der Waals surface area contributed by atoms with Gasteiger partial charge in [-0.3, -0.25) is 4.79 Å². The van der Waals surface area contributed by atoms with Gasteiger partial charge < -0.3 is 9.47 Å². The van der Waals surface area contributed by atoms with Crippen LogP contribution in [-0.2, 0) is 14.3 Å². The second-order valence-electron chi connectivity index (χ2n) is 5.11. The zero-order valence-electron chi connectivity index (χ0n) is 13.2. The maximum absolute atomic E-state index is 11.9. The molecule has 0 N–H and O–H groups in total. The first kappa shape index (κ1) is 17.0. The molecule has 0 heterocycles. The fraction of sp³-hybridized carbons (Fsp3) is 0.412. The van der Waals surface area contributed by atoms with Crippen LogP contribution in [0, 0.1) is 6.92 Å². The van der Waals surface area contributed by atoms with E-state index in [0.29, 0.717) is 11.3 Å². The lowest BCUT2D eigenvalue weighted by Gasteiger charge is -2.16. The molecule has 0 saturated carbocycles. The molecule has 1 aromatic carbocycles. The number of aryl methyl sites for hydroxylation is 1. The Morgan fingerprint density at radius 3 is 2.52 bits per heavy atom. The Kier molecular flexibility index (Phi) is 6.15. The van der Waals surface area contributed by atoms with Crippen LogP contribution in [0.4, 0.5) is 0 Å². The van der Waals surface area contributed by atoms with E-state index in [1.807, 2.05) is 32.0 Å². The summed E-state index contributed by atoms with van der Waals surface area (Å²) in [5.74, 6) is -0.231. The van der Waals surface area contributed by atoms with Gasteiger partial charge in [0.1, 0.15) is 5.75 Å². The summed E-state index contributed by atoms with van der Waals surface area (Å²) in [5.41, 5.74) is 2.40.